The van der Waals surface area contributed by atoms with Crippen LogP contribution in [-0.2, 0) is 0 Å². The lowest BCUT2D eigenvalue weighted by Gasteiger charge is -2.12. The van der Waals surface area contributed by atoms with Crippen molar-refractivity contribution < 1.29 is 0 Å². The van der Waals surface area contributed by atoms with Crippen LogP contribution in [0.2, 0.25) is 0 Å². The first kappa shape index (κ1) is 8.34. The highest BCUT2D eigenvalue weighted by Crippen LogP contribution is 2.18. The molecule has 1 aromatic rings. The lowest BCUT2D eigenvalue weighted by Crippen LogP contribution is -2.15. The Kier molecular flexibility index (Phi) is 2.35. The Balaban J connectivity index is 2.76. The summed E-state index contributed by atoms with van der Waals surface area (Å²) < 4.78 is 0. The average molecular weight is 152 g/mol. The van der Waals surface area contributed by atoms with Crippen LogP contribution in [0.4, 0.5) is 0 Å². The molecular weight excluding hydrogens is 136 g/mol. The monoisotopic (exact) mass is 152 g/mol. The minimum Gasteiger partial charge on any atom is -0.365 e. The number of aromatic amines is 1. The van der Waals surface area contributed by atoms with Crippen molar-refractivity contribution in [3.05, 3.63) is 23.5 Å². The lowest BCUT2D eigenvalue weighted by atomic mass is 10.00. The second-order valence-electron chi connectivity index (χ2n) is 3.39. The van der Waals surface area contributed by atoms with E-state index in [9.17, 15) is 0 Å². The van der Waals surface area contributed by atoms with Gasteiger partial charge in [0.1, 0.15) is 0 Å². The van der Waals surface area contributed by atoms with Gasteiger partial charge < -0.3 is 10.7 Å². The van der Waals surface area contributed by atoms with E-state index in [2.05, 4.69) is 24.9 Å². The molecule has 0 saturated carbocycles. The maximum absolute atomic E-state index is 5.93. The Morgan fingerprint density at radius 2 is 2.09 bits per heavy atom. The molecule has 1 rings (SSSR count). The summed E-state index contributed by atoms with van der Waals surface area (Å²) in [6.07, 6.45) is 1.99. The summed E-state index contributed by atoms with van der Waals surface area (Å²) in [5.41, 5.74) is 8.31. The van der Waals surface area contributed by atoms with Crippen molar-refractivity contribution in [3.63, 3.8) is 0 Å². The summed E-state index contributed by atoms with van der Waals surface area (Å²) >= 11 is 0. The zero-order valence-corrected chi connectivity index (χ0v) is 7.39. The van der Waals surface area contributed by atoms with Gasteiger partial charge in [-0.3, -0.25) is 0 Å². The first-order valence-corrected chi connectivity index (χ1v) is 4.01. The molecule has 1 heterocycles. The fourth-order valence-electron chi connectivity index (χ4n) is 1.11. The van der Waals surface area contributed by atoms with Gasteiger partial charge in [0.2, 0.25) is 0 Å². The predicted molar refractivity (Wildman–Crippen MR) is 47.3 cm³/mol. The Morgan fingerprint density at radius 3 is 2.45 bits per heavy atom. The molecule has 62 valence electrons. The van der Waals surface area contributed by atoms with Crippen molar-refractivity contribution in [2.24, 2.45) is 11.7 Å². The van der Waals surface area contributed by atoms with E-state index in [1.165, 1.54) is 11.3 Å². The van der Waals surface area contributed by atoms with Gasteiger partial charge in [-0.2, -0.15) is 0 Å². The third-order valence-corrected chi connectivity index (χ3v) is 1.95. The molecule has 11 heavy (non-hydrogen) atoms. The Morgan fingerprint density at radius 1 is 1.45 bits per heavy atom. The van der Waals surface area contributed by atoms with Crippen molar-refractivity contribution in [2.45, 2.75) is 26.8 Å². The van der Waals surface area contributed by atoms with Crippen LogP contribution in [0, 0.1) is 12.8 Å². The second-order valence-corrected chi connectivity index (χ2v) is 3.39. The average Bonchev–Trinajstić information content (AvgIpc) is 2.34. The summed E-state index contributed by atoms with van der Waals surface area (Å²) in [6.45, 7) is 6.30. The molecular formula is C9H16N2. The van der Waals surface area contributed by atoms with Crippen LogP contribution in [-0.4, -0.2) is 4.98 Å². The molecule has 0 spiro atoms. The van der Waals surface area contributed by atoms with Crippen molar-refractivity contribution in [3.8, 4) is 0 Å². The molecule has 0 aliphatic heterocycles. The van der Waals surface area contributed by atoms with Gasteiger partial charge in [-0.25, -0.2) is 0 Å². The molecule has 0 bridgehead atoms. The van der Waals surface area contributed by atoms with Crippen molar-refractivity contribution in [1.29, 1.82) is 0 Å². The van der Waals surface area contributed by atoms with Crippen LogP contribution in [0.15, 0.2) is 12.3 Å². The summed E-state index contributed by atoms with van der Waals surface area (Å²) in [6, 6.07) is 2.27. The predicted octanol–water partition coefficient (Wildman–Crippen LogP) is 1.98. The largest absolute Gasteiger partial charge is 0.365 e. The summed E-state index contributed by atoms with van der Waals surface area (Å²) in [5.74, 6) is 0.505. The minimum atomic E-state index is 0.167. The van der Waals surface area contributed by atoms with Crippen molar-refractivity contribution in [2.75, 3.05) is 0 Å². The van der Waals surface area contributed by atoms with Crippen LogP contribution < -0.4 is 5.73 Å². The lowest BCUT2D eigenvalue weighted by molar-refractivity contribution is 0.514. The standard InChI is InChI=1S/C9H16N2/c1-6(2)9(10)8-4-7(3)11-5-8/h4-6,9,11H,10H2,1-3H3/t9-/m0/s1. The molecule has 0 radical (unpaired) electrons. The van der Waals surface area contributed by atoms with Gasteiger partial charge in [0.05, 0.1) is 0 Å². The maximum atomic E-state index is 5.93. The zero-order chi connectivity index (χ0) is 8.43. The van der Waals surface area contributed by atoms with Gasteiger partial charge in [-0.05, 0) is 24.5 Å². The van der Waals surface area contributed by atoms with Crippen molar-refractivity contribution in [1.82, 2.24) is 4.98 Å². The van der Waals surface area contributed by atoms with E-state index in [1.807, 2.05) is 13.1 Å². The normalized spacial score (nSPS) is 13.9. The minimum absolute atomic E-state index is 0.167. The van der Waals surface area contributed by atoms with Gasteiger partial charge in [0.25, 0.3) is 0 Å². The molecule has 0 aromatic carbocycles. The van der Waals surface area contributed by atoms with Gasteiger partial charge in [-0.1, -0.05) is 13.8 Å². The van der Waals surface area contributed by atoms with E-state index < -0.39 is 0 Å². The smallest absolute Gasteiger partial charge is 0.0333 e. The summed E-state index contributed by atoms with van der Waals surface area (Å²) in [5, 5.41) is 0. The van der Waals surface area contributed by atoms with Crippen LogP contribution >= 0.6 is 0 Å². The number of rotatable bonds is 2. The number of nitrogens with one attached hydrogen (secondary N) is 1. The quantitative estimate of drug-likeness (QED) is 0.668. The summed E-state index contributed by atoms with van der Waals surface area (Å²) in [4.78, 5) is 3.12. The van der Waals surface area contributed by atoms with E-state index in [0.29, 0.717) is 5.92 Å². The molecule has 0 fully saturated rings. The second kappa shape index (κ2) is 3.09. The SMILES string of the molecule is Cc1cc([C@@H](N)C(C)C)c[nH]1. The number of aryl methyl sites for hydroxylation is 1. The molecule has 0 aliphatic rings. The Bertz CT molecular complexity index is 225. The Hall–Kier alpha value is -0.760. The summed E-state index contributed by atoms with van der Waals surface area (Å²) in [7, 11) is 0. The van der Waals surface area contributed by atoms with Crippen LogP contribution in [0.5, 0.6) is 0 Å². The highest BCUT2D eigenvalue weighted by atomic mass is 14.7. The molecule has 0 saturated heterocycles. The molecule has 1 atom stereocenters. The van der Waals surface area contributed by atoms with Crippen molar-refractivity contribution >= 4 is 0 Å². The number of hydrogen-bond donors (Lipinski definition) is 2. The van der Waals surface area contributed by atoms with Gasteiger partial charge in [0.15, 0.2) is 0 Å². The first-order valence-electron chi connectivity index (χ1n) is 4.01. The van der Waals surface area contributed by atoms with E-state index >= 15 is 0 Å². The molecule has 0 amide bonds. The number of H-pyrrole nitrogens is 1. The first-order chi connectivity index (χ1) is 5.11. The molecule has 1 aromatic heterocycles. The van der Waals surface area contributed by atoms with Crippen LogP contribution in [0.25, 0.3) is 0 Å². The number of aromatic nitrogens is 1. The fourth-order valence-corrected chi connectivity index (χ4v) is 1.11. The van der Waals surface area contributed by atoms with E-state index in [1.54, 1.807) is 0 Å². The topological polar surface area (TPSA) is 41.8 Å². The Labute approximate surface area is 67.8 Å². The van der Waals surface area contributed by atoms with Gasteiger partial charge in [0, 0.05) is 17.9 Å². The number of hydrogen-bond acceptors (Lipinski definition) is 1. The molecule has 0 unspecified atom stereocenters. The molecule has 2 heteroatoms. The highest BCUT2D eigenvalue weighted by Gasteiger charge is 2.10. The number of nitrogens with two attached hydrogens (primary N) is 1. The fraction of sp³-hybridized carbons (Fsp3) is 0.556. The third-order valence-electron chi connectivity index (χ3n) is 1.95. The molecule has 3 N–H and O–H groups in total. The van der Waals surface area contributed by atoms with E-state index in [4.69, 9.17) is 5.73 Å². The van der Waals surface area contributed by atoms with Gasteiger partial charge in [-0.15, -0.1) is 0 Å². The third kappa shape index (κ3) is 1.84. The molecule has 2 nitrogen and oxygen atoms in total. The zero-order valence-electron chi connectivity index (χ0n) is 7.39. The van der Waals surface area contributed by atoms with Crippen LogP contribution in [0.1, 0.15) is 31.1 Å². The maximum Gasteiger partial charge on any atom is 0.0333 e. The van der Waals surface area contributed by atoms with Gasteiger partial charge >= 0.3 is 0 Å². The van der Waals surface area contributed by atoms with E-state index in [0.717, 1.165) is 0 Å². The highest BCUT2D eigenvalue weighted by molar-refractivity contribution is 5.19. The van der Waals surface area contributed by atoms with E-state index in [-0.39, 0.29) is 6.04 Å². The van der Waals surface area contributed by atoms with Crippen LogP contribution in [0.3, 0.4) is 0 Å². The molecule has 0 aliphatic carbocycles.